The van der Waals surface area contributed by atoms with Crippen molar-refractivity contribution in [3.63, 3.8) is 0 Å². The fourth-order valence-corrected chi connectivity index (χ4v) is 8.73. The maximum atomic E-state index is 13.0. The van der Waals surface area contributed by atoms with E-state index in [0.717, 1.165) is 30.4 Å². The zero-order valence-corrected chi connectivity index (χ0v) is 34.4. The van der Waals surface area contributed by atoms with Gasteiger partial charge >= 0.3 is 11.9 Å². The molecule has 0 spiro atoms. The van der Waals surface area contributed by atoms with Crippen molar-refractivity contribution < 1.29 is 38.2 Å². The largest absolute Gasteiger partial charge is 0.465 e. The molecule has 0 unspecified atom stereocenters. The second-order valence-electron chi connectivity index (χ2n) is 13.0. The lowest BCUT2D eigenvalue weighted by Gasteiger charge is -2.34. The smallest absolute Gasteiger partial charge is 0.337 e. The van der Waals surface area contributed by atoms with Crippen molar-refractivity contribution in [2.45, 2.75) is 32.1 Å². The molecule has 1 N–H and O–H groups in total. The minimum Gasteiger partial charge on any atom is -0.465 e. The number of ether oxygens (including phenoxy) is 2. The molecule has 56 heavy (non-hydrogen) atoms. The lowest BCUT2D eigenvalue weighted by Crippen LogP contribution is -2.50. The van der Waals surface area contributed by atoms with Gasteiger partial charge in [0.2, 0.25) is 11.8 Å². The second kappa shape index (κ2) is 20.7. The first kappa shape index (κ1) is 42.7. The van der Waals surface area contributed by atoms with Gasteiger partial charge in [0.05, 0.1) is 35.2 Å². The number of piperazine rings is 1. The number of carbonyl (C=O) groups is 6. The van der Waals surface area contributed by atoms with Gasteiger partial charge < -0.3 is 19.7 Å². The number of nitrogens with one attached hydrogen (secondary N) is 1. The molecule has 3 aliphatic heterocycles. The summed E-state index contributed by atoms with van der Waals surface area (Å²) in [5, 5.41) is 2.92. The van der Waals surface area contributed by atoms with Gasteiger partial charge in [0.25, 0.3) is 11.8 Å². The Labute approximate surface area is 345 Å². The van der Waals surface area contributed by atoms with Crippen LogP contribution in [0.15, 0.2) is 58.3 Å². The van der Waals surface area contributed by atoms with Gasteiger partial charge in [-0.3, -0.25) is 33.9 Å². The molecule has 2 aromatic rings. The number of thioether (sulfide) groups is 2. The molecule has 3 heterocycles. The number of rotatable bonds is 16. The van der Waals surface area contributed by atoms with Crippen LogP contribution in [0.2, 0.25) is 0 Å². The van der Waals surface area contributed by atoms with Gasteiger partial charge in [0, 0.05) is 65.2 Å². The first-order chi connectivity index (χ1) is 27.0. The van der Waals surface area contributed by atoms with Crippen molar-refractivity contribution >= 4 is 104 Å². The Morgan fingerprint density at radius 3 is 1.68 bits per heavy atom. The minimum atomic E-state index is -0.440. The molecule has 3 fully saturated rings. The molecule has 0 bridgehead atoms. The number of amides is 4. The van der Waals surface area contributed by atoms with Crippen LogP contribution in [0.4, 0.5) is 0 Å². The van der Waals surface area contributed by atoms with Gasteiger partial charge in [-0.2, -0.15) is 0 Å². The number of benzene rings is 2. The van der Waals surface area contributed by atoms with Crippen LogP contribution in [0.3, 0.4) is 0 Å². The maximum absolute atomic E-state index is 13.0. The van der Waals surface area contributed by atoms with Crippen LogP contribution in [0.1, 0.15) is 63.9 Å². The number of methoxy groups -OCH3 is 2. The Hall–Kier alpha value is -4.42. The maximum Gasteiger partial charge on any atom is 0.337 e. The molecule has 3 saturated heterocycles. The number of thiocarbonyl (C=S) groups is 2. The predicted octanol–water partition coefficient (Wildman–Crippen LogP) is 4.57. The molecule has 2 aromatic carbocycles. The fourth-order valence-electron chi connectivity index (χ4n) is 6.11. The van der Waals surface area contributed by atoms with E-state index < -0.39 is 11.9 Å². The zero-order chi connectivity index (χ0) is 40.2. The molecule has 296 valence electrons. The van der Waals surface area contributed by atoms with Crippen LogP contribution in [-0.2, 0) is 28.7 Å². The number of hydrogen-bond acceptors (Lipinski definition) is 13. The summed E-state index contributed by atoms with van der Waals surface area (Å²) in [7, 11) is 2.64. The van der Waals surface area contributed by atoms with Crippen molar-refractivity contribution in [2.24, 2.45) is 0 Å². The van der Waals surface area contributed by atoms with E-state index in [-0.39, 0.29) is 36.6 Å². The predicted molar refractivity (Wildman–Crippen MR) is 224 cm³/mol. The van der Waals surface area contributed by atoms with Gasteiger partial charge in [-0.05, 0) is 60.4 Å². The fraction of sp³-hybridized carbons (Fsp3) is 0.385. The topological polar surface area (TPSA) is 146 Å². The van der Waals surface area contributed by atoms with Crippen LogP contribution >= 0.6 is 48.0 Å². The van der Waals surface area contributed by atoms with Crippen molar-refractivity contribution in [3.05, 3.63) is 80.6 Å². The summed E-state index contributed by atoms with van der Waals surface area (Å²) < 4.78 is 10.3. The summed E-state index contributed by atoms with van der Waals surface area (Å²) in [6, 6.07) is 13.5. The van der Waals surface area contributed by atoms with Crippen molar-refractivity contribution in [2.75, 3.05) is 66.6 Å². The van der Waals surface area contributed by atoms with E-state index in [4.69, 9.17) is 33.9 Å². The summed E-state index contributed by atoms with van der Waals surface area (Å²) in [5.74, 6) is -1.32. The third-order valence-electron chi connectivity index (χ3n) is 9.32. The second-order valence-corrected chi connectivity index (χ2v) is 16.4. The molecular formula is C39H43N5O8S4. The molecule has 3 aliphatic rings. The van der Waals surface area contributed by atoms with Gasteiger partial charge in [-0.15, -0.1) is 0 Å². The molecular weight excluding hydrogens is 795 g/mol. The number of unbranched alkanes of at least 4 members (excludes halogenated alkanes) is 2. The highest BCUT2D eigenvalue weighted by Crippen LogP contribution is 2.34. The first-order valence-corrected chi connectivity index (χ1v) is 20.6. The average molecular weight is 838 g/mol. The van der Waals surface area contributed by atoms with E-state index in [2.05, 4.69) is 10.2 Å². The number of carbonyl (C=O) groups excluding carboxylic acids is 6. The molecule has 0 aliphatic carbocycles. The first-order valence-electron chi connectivity index (χ1n) is 18.1. The van der Waals surface area contributed by atoms with Gasteiger partial charge in [-0.1, -0.05) is 78.6 Å². The summed E-state index contributed by atoms with van der Waals surface area (Å²) in [5.41, 5.74) is 2.37. The SMILES string of the molecule is COC(=O)c1ccc(C=C2SC(=S)N(CCCCCC(=O)N3CCN(CCNC(=O)CCN4C(=O)C(=Cc5ccc(C(=O)OC)cc5)SC4=S)CC3)C2=O)cc1. The van der Waals surface area contributed by atoms with Crippen molar-refractivity contribution in [1.82, 2.24) is 24.9 Å². The van der Waals surface area contributed by atoms with Gasteiger partial charge in [0.1, 0.15) is 8.64 Å². The van der Waals surface area contributed by atoms with Crippen LogP contribution in [0.5, 0.6) is 0 Å². The average Bonchev–Trinajstić information content (AvgIpc) is 3.63. The summed E-state index contributed by atoms with van der Waals surface area (Å²) in [6.07, 6.45) is 6.27. The monoisotopic (exact) mass is 837 g/mol. The van der Waals surface area contributed by atoms with Crippen LogP contribution in [-0.4, -0.2) is 130 Å². The van der Waals surface area contributed by atoms with Gasteiger partial charge in [-0.25, -0.2) is 9.59 Å². The standard InChI is InChI=1S/C39H43N5O8S4/c1-51-36(49)28-11-7-26(8-12-28)24-30-34(47)43(38(53)55-30)17-5-3-4-6-33(46)42-22-20-41(21-23-42)19-16-40-32(45)15-18-44-35(48)31(56-39(44)54)25-27-9-13-29(14-10-27)37(50)52-2/h7-14,24-25H,3-6,15-23H2,1-2H3,(H,40,45). The highest BCUT2D eigenvalue weighted by atomic mass is 32.2. The Morgan fingerprint density at radius 1 is 0.679 bits per heavy atom. The van der Waals surface area contributed by atoms with Gasteiger partial charge in [0.15, 0.2) is 0 Å². The summed E-state index contributed by atoms with van der Waals surface area (Å²) >= 11 is 13.3. The molecule has 13 nitrogen and oxygen atoms in total. The highest BCUT2D eigenvalue weighted by Gasteiger charge is 2.33. The van der Waals surface area contributed by atoms with E-state index >= 15 is 0 Å². The molecule has 4 amide bonds. The lowest BCUT2D eigenvalue weighted by atomic mass is 10.1. The molecule has 0 atom stereocenters. The van der Waals surface area contributed by atoms with Crippen LogP contribution in [0.25, 0.3) is 12.2 Å². The van der Waals surface area contributed by atoms with Crippen LogP contribution < -0.4 is 5.32 Å². The van der Waals surface area contributed by atoms with E-state index in [1.165, 1.54) is 42.6 Å². The summed E-state index contributed by atoms with van der Waals surface area (Å²) in [4.78, 5) is 82.9. The molecule has 0 saturated carbocycles. The molecule has 0 aromatic heterocycles. The quantitative estimate of drug-likeness (QED) is 0.109. The summed E-state index contributed by atoms with van der Waals surface area (Å²) in [6.45, 7) is 4.45. The normalized spacial score (nSPS) is 17.6. The van der Waals surface area contributed by atoms with Crippen molar-refractivity contribution in [3.8, 4) is 0 Å². The Balaban J connectivity index is 0.925. The Bertz CT molecular complexity index is 1910. The van der Waals surface area contributed by atoms with E-state index in [9.17, 15) is 28.8 Å². The molecule has 17 heteroatoms. The zero-order valence-electron chi connectivity index (χ0n) is 31.2. The number of hydrogen-bond donors (Lipinski definition) is 1. The third kappa shape index (κ3) is 11.6. The van der Waals surface area contributed by atoms with E-state index in [1.54, 1.807) is 65.6 Å². The number of nitrogens with zero attached hydrogens (tertiary/aromatic N) is 4. The highest BCUT2D eigenvalue weighted by molar-refractivity contribution is 8.27. The Kier molecular flexibility index (Phi) is 15.8. The molecule has 5 rings (SSSR count). The number of esters is 2. The van der Waals surface area contributed by atoms with E-state index in [0.29, 0.717) is 81.8 Å². The minimum absolute atomic E-state index is 0.115. The molecule has 0 radical (unpaired) electrons. The van der Waals surface area contributed by atoms with E-state index in [1.807, 2.05) is 4.90 Å². The third-order valence-corrected chi connectivity index (χ3v) is 12.1. The lowest BCUT2D eigenvalue weighted by molar-refractivity contribution is -0.133. The van der Waals surface area contributed by atoms with Crippen molar-refractivity contribution in [1.29, 1.82) is 0 Å². The van der Waals surface area contributed by atoms with Crippen LogP contribution in [0, 0.1) is 0 Å². The Morgan fingerprint density at radius 2 is 1.18 bits per heavy atom.